The summed E-state index contributed by atoms with van der Waals surface area (Å²) in [5.74, 6) is -0.329. The van der Waals surface area contributed by atoms with Crippen molar-refractivity contribution >= 4 is 17.6 Å². The maximum Gasteiger partial charge on any atom is 0.573 e. The van der Waals surface area contributed by atoms with Gasteiger partial charge in [0.25, 0.3) is 0 Å². The summed E-state index contributed by atoms with van der Waals surface area (Å²) in [6.07, 6.45) is -2.72. The molecule has 1 saturated heterocycles. The Bertz CT molecular complexity index is 573. The topological polar surface area (TPSA) is 84.2 Å². The number of hydrogen-bond donors (Lipinski definition) is 4. The van der Waals surface area contributed by atoms with E-state index in [2.05, 4.69) is 15.4 Å². The first-order chi connectivity index (χ1) is 10.7. The molecule has 2 rings (SSSR count). The lowest BCUT2D eigenvalue weighted by Gasteiger charge is -2.25. The third kappa shape index (κ3) is 5.04. The Balaban J connectivity index is 1.86. The maximum absolute atomic E-state index is 12.1. The fourth-order valence-electron chi connectivity index (χ4n) is 2.37. The lowest BCUT2D eigenvalue weighted by molar-refractivity contribution is -0.274. The number of halogens is 3. The van der Waals surface area contributed by atoms with Crippen LogP contribution in [0.5, 0.6) is 5.75 Å². The molecule has 1 fully saturated rings. The van der Waals surface area contributed by atoms with E-state index in [0.717, 1.165) is 31.5 Å². The monoisotopic (exact) mass is 329 g/mol. The number of hydrogen-bond acceptors (Lipinski definition) is 3. The van der Waals surface area contributed by atoms with Crippen LogP contribution in [0.4, 0.5) is 18.9 Å². The van der Waals surface area contributed by atoms with Gasteiger partial charge in [-0.15, -0.1) is 13.2 Å². The van der Waals surface area contributed by atoms with Gasteiger partial charge in [-0.25, -0.2) is 0 Å². The van der Waals surface area contributed by atoms with E-state index in [9.17, 15) is 13.2 Å². The van der Waals surface area contributed by atoms with E-state index in [1.54, 1.807) is 0 Å². The Morgan fingerprint density at radius 1 is 1.26 bits per heavy atom. The first kappa shape index (κ1) is 16.9. The zero-order valence-electron chi connectivity index (χ0n) is 12.5. The maximum atomic E-state index is 12.1. The van der Waals surface area contributed by atoms with Gasteiger partial charge in [-0.1, -0.05) is 0 Å². The zero-order valence-corrected chi connectivity index (χ0v) is 12.5. The van der Waals surface area contributed by atoms with Gasteiger partial charge < -0.3 is 15.0 Å². The molecule has 1 aliphatic rings. The van der Waals surface area contributed by atoms with Crippen molar-refractivity contribution < 1.29 is 17.9 Å². The molecule has 0 aliphatic carbocycles. The van der Waals surface area contributed by atoms with Crippen LogP contribution in [0, 0.1) is 10.8 Å². The van der Waals surface area contributed by atoms with Crippen molar-refractivity contribution in [2.75, 3.05) is 11.9 Å². The van der Waals surface area contributed by atoms with Gasteiger partial charge in [-0.05, 0) is 44.0 Å². The van der Waals surface area contributed by atoms with Crippen LogP contribution >= 0.6 is 0 Å². The summed E-state index contributed by atoms with van der Waals surface area (Å²) in [6, 6.07) is 5.27. The summed E-state index contributed by atoms with van der Waals surface area (Å²) in [7, 11) is 0. The molecule has 0 radical (unpaired) electrons. The van der Waals surface area contributed by atoms with Gasteiger partial charge in [0, 0.05) is 18.3 Å². The molecule has 1 heterocycles. The van der Waals surface area contributed by atoms with Gasteiger partial charge in [-0.3, -0.25) is 16.1 Å². The van der Waals surface area contributed by atoms with Gasteiger partial charge in [0.2, 0.25) is 0 Å². The number of alkyl halides is 3. The largest absolute Gasteiger partial charge is 0.573 e. The quantitative estimate of drug-likeness (QED) is 0.496. The SMILES string of the molecule is C[C@H]1CCCN1C(=N)NC(=N)Nc1ccc(OC(F)(F)F)cc1. The van der Waals surface area contributed by atoms with Crippen molar-refractivity contribution in [1.29, 1.82) is 10.8 Å². The number of guanidine groups is 2. The van der Waals surface area contributed by atoms with Crippen LogP contribution in [-0.4, -0.2) is 35.8 Å². The van der Waals surface area contributed by atoms with Gasteiger partial charge in [0.1, 0.15) is 5.75 Å². The van der Waals surface area contributed by atoms with Crippen LogP contribution in [0.2, 0.25) is 0 Å². The highest BCUT2D eigenvalue weighted by atomic mass is 19.4. The molecule has 1 atom stereocenters. The van der Waals surface area contributed by atoms with Crippen LogP contribution in [0.25, 0.3) is 0 Å². The fourth-order valence-corrected chi connectivity index (χ4v) is 2.37. The number of nitrogens with zero attached hydrogens (tertiary/aromatic N) is 1. The van der Waals surface area contributed by atoms with E-state index >= 15 is 0 Å². The third-order valence-electron chi connectivity index (χ3n) is 3.44. The molecule has 4 N–H and O–H groups in total. The van der Waals surface area contributed by atoms with Gasteiger partial charge in [0.05, 0.1) is 0 Å². The number of ether oxygens (including phenoxy) is 1. The van der Waals surface area contributed by atoms with Gasteiger partial charge in [0.15, 0.2) is 11.9 Å². The molecule has 0 amide bonds. The first-order valence-electron chi connectivity index (χ1n) is 7.08. The molecule has 1 aliphatic heterocycles. The minimum atomic E-state index is -4.73. The molecule has 6 nitrogen and oxygen atoms in total. The number of benzene rings is 1. The van der Waals surface area contributed by atoms with Crippen LogP contribution in [0.15, 0.2) is 24.3 Å². The Morgan fingerprint density at radius 3 is 2.43 bits per heavy atom. The molecular weight excluding hydrogens is 311 g/mol. The van der Waals surface area contributed by atoms with Crippen LogP contribution < -0.4 is 15.4 Å². The summed E-state index contributed by atoms with van der Waals surface area (Å²) >= 11 is 0. The summed E-state index contributed by atoms with van der Waals surface area (Å²) in [4.78, 5) is 1.86. The molecule has 126 valence electrons. The average Bonchev–Trinajstić information content (AvgIpc) is 2.85. The van der Waals surface area contributed by atoms with Crippen molar-refractivity contribution in [3.8, 4) is 5.75 Å². The zero-order chi connectivity index (χ0) is 17.0. The lowest BCUT2D eigenvalue weighted by Crippen LogP contribution is -2.46. The third-order valence-corrected chi connectivity index (χ3v) is 3.44. The standard InChI is InChI=1S/C14H18F3N5O/c1-9-3-2-8-22(9)13(19)21-12(18)20-10-4-6-11(7-5-10)23-14(15,16)17/h4-7,9H,2-3,8H2,1H3,(H4,18,19,20,21)/t9-/m0/s1. The van der Waals surface area contributed by atoms with E-state index < -0.39 is 6.36 Å². The Morgan fingerprint density at radius 2 is 1.91 bits per heavy atom. The normalized spacial score (nSPS) is 17.7. The minimum absolute atomic E-state index is 0.126. The van der Waals surface area contributed by atoms with Gasteiger partial charge >= 0.3 is 6.36 Å². The molecular formula is C14H18F3N5O. The Kier molecular flexibility index (Phi) is 4.97. The number of rotatable bonds is 2. The smallest absolute Gasteiger partial charge is 0.406 e. The number of nitrogens with one attached hydrogen (secondary N) is 4. The summed E-state index contributed by atoms with van der Waals surface area (Å²) in [5.41, 5.74) is 0.416. The van der Waals surface area contributed by atoms with E-state index in [1.165, 1.54) is 12.1 Å². The Hall–Kier alpha value is -2.45. The lowest BCUT2D eigenvalue weighted by atomic mass is 10.2. The summed E-state index contributed by atoms with van der Waals surface area (Å²) < 4.78 is 40.0. The van der Waals surface area contributed by atoms with E-state index in [-0.39, 0.29) is 23.7 Å². The van der Waals surface area contributed by atoms with Crippen molar-refractivity contribution in [3.63, 3.8) is 0 Å². The van der Waals surface area contributed by atoms with Gasteiger partial charge in [-0.2, -0.15) is 0 Å². The predicted octanol–water partition coefficient (Wildman–Crippen LogP) is 2.94. The average molecular weight is 329 g/mol. The Labute approximate surface area is 131 Å². The summed E-state index contributed by atoms with van der Waals surface area (Å²) in [5, 5.41) is 21.0. The second kappa shape index (κ2) is 6.76. The van der Waals surface area contributed by atoms with Crippen molar-refractivity contribution in [1.82, 2.24) is 10.2 Å². The molecule has 0 spiro atoms. The van der Waals surface area contributed by atoms with Crippen molar-refractivity contribution in [2.24, 2.45) is 0 Å². The van der Waals surface area contributed by atoms with Crippen LogP contribution in [-0.2, 0) is 0 Å². The molecule has 0 unspecified atom stereocenters. The van der Waals surface area contributed by atoms with Crippen molar-refractivity contribution in [3.05, 3.63) is 24.3 Å². The predicted molar refractivity (Wildman–Crippen MR) is 80.7 cm³/mol. The molecule has 0 bridgehead atoms. The molecule has 1 aromatic rings. The van der Waals surface area contributed by atoms with Crippen LogP contribution in [0.1, 0.15) is 19.8 Å². The fraction of sp³-hybridized carbons (Fsp3) is 0.429. The highest BCUT2D eigenvalue weighted by Crippen LogP contribution is 2.23. The highest BCUT2D eigenvalue weighted by molar-refractivity contribution is 6.02. The molecule has 23 heavy (non-hydrogen) atoms. The second-order valence-electron chi connectivity index (χ2n) is 5.23. The second-order valence-corrected chi connectivity index (χ2v) is 5.23. The molecule has 0 aromatic heterocycles. The van der Waals surface area contributed by atoms with E-state index in [0.29, 0.717) is 5.69 Å². The minimum Gasteiger partial charge on any atom is -0.406 e. The molecule has 9 heteroatoms. The summed E-state index contributed by atoms with van der Waals surface area (Å²) in [6.45, 7) is 2.78. The first-order valence-corrected chi connectivity index (χ1v) is 7.08. The van der Waals surface area contributed by atoms with E-state index in [4.69, 9.17) is 10.8 Å². The van der Waals surface area contributed by atoms with E-state index in [1.807, 2.05) is 11.8 Å². The highest BCUT2D eigenvalue weighted by Gasteiger charge is 2.31. The van der Waals surface area contributed by atoms with Crippen molar-refractivity contribution in [2.45, 2.75) is 32.2 Å². The molecule has 1 aromatic carbocycles. The number of likely N-dealkylation sites (tertiary alicyclic amines) is 1. The van der Waals surface area contributed by atoms with Crippen LogP contribution in [0.3, 0.4) is 0 Å². The molecule has 0 saturated carbocycles. The number of anilines is 1.